The second-order valence-corrected chi connectivity index (χ2v) is 6.00. The van der Waals surface area contributed by atoms with Gasteiger partial charge in [0, 0.05) is 19.9 Å². The molecular weight excluding hydrogens is 370 g/mol. The molecule has 0 unspecified atom stereocenters. The van der Waals surface area contributed by atoms with Crippen LogP contribution in [0.2, 0.25) is 0 Å². The summed E-state index contributed by atoms with van der Waals surface area (Å²) in [5, 5.41) is 6.16. The maximum absolute atomic E-state index is 13.4. The van der Waals surface area contributed by atoms with E-state index in [9.17, 15) is 8.78 Å². The van der Waals surface area contributed by atoms with Gasteiger partial charge in [0.25, 0.3) is 0 Å². The van der Waals surface area contributed by atoms with Gasteiger partial charge >= 0.3 is 0 Å². The number of hydrogen-bond acceptors (Lipinski definition) is 5. The van der Waals surface area contributed by atoms with Crippen molar-refractivity contribution in [1.82, 2.24) is 9.97 Å². The predicted octanol–water partition coefficient (Wildman–Crippen LogP) is 3.50. The van der Waals surface area contributed by atoms with E-state index in [4.69, 9.17) is 4.74 Å². The Morgan fingerprint density at radius 3 is 2.87 bits per heavy atom. The number of nitrogens with one attached hydrogen (secondary N) is 2. The van der Waals surface area contributed by atoms with E-state index in [2.05, 4.69) is 36.5 Å². The van der Waals surface area contributed by atoms with E-state index in [1.54, 1.807) is 13.2 Å². The number of aromatic nitrogens is 2. The molecule has 5 nitrogen and oxygen atoms in total. The van der Waals surface area contributed by atoms with Gasteiger partial charge in [0.2, 0.25) is 5.95 Å². The first kappa shape index (κ1) is 16.1. The molecule has 8 heteroatoms. The molecule has 0 saturated carbocycles. The Morgan fingerprint density at radius 2 is 2.13 bits per heavy atom. The highest BCUT2D eigenvalue weighted by Crippen LogP contribution is 2.32. The van der Waals surface area contributed by atoms with Crippen LogP contribution in [0.5, 0.6) is 0 Å². The van der Waals surface area contributed by atoms with E-state index < -0.39 is 11.6 Å². The second kappa shape index (κ2) is 6.76. The topological polar surface area (TPSA) is 59.1 Å². The fraction of sp³-hybridized carbons (Fsp3) is 0.333. The van der Waals surface area contributed by atoms with Gasteiger partial charge in [-0.2, -0.15) is 4.98 Å². The van der Waals surface area contributed by atoms with Crippen molar-refractivity contribution in [2.24, 2.45) is 0 Å². The van der Waals surface area contributed by atoms with Crippen LogP contribution in [-0.4, -0.2) is 29.7 Å². The van der Waals surface area contributed by atoms with Crippen molar-refractivity contribution in [3.63, 3.8) is 0 Å². The van der Waals surface area contributed by atoms with Crippen molar-refractivity contribution >= 4 is 27.7 Å². The molecule has 122 valence electrons. The Balaban J connectivity index is 1.80. The van der Waals surface area contributed by atoms with E-state index >= 15 is 0 Å². The molecule has 2 aromatic rings. The van der Waals surface area contributed by atoms with Crippen molar-refractivity contribution in [3.8, 4) is 0 Å². The lowest BCUT2D eigenvalue weighted by Crippen LogP contribution is -2.24. The van der Waals surface area contributed by atoms with E-state index in [1.165, 1.54) is 12.1 Å². The smallest absolute Gasteiger partial charge is 0.224 e. The monoisotopic (exact) mass is 384 g/mol. The van der Waals surface area contributed by atoms with Crippen molar-refractivity contribution in [1.29, 1.82) is 0 Å². The molecule has 2 heterocycles. The Labute approximate surface area is 140 Å². The lowest BCUT2D eigenvalue weighted by molar-refractivity contribution is 0.107. The number of benzene rings is 1. The molecule has 1 fully saturated rings. The summed E-state index contributed by atoms with van der Waals surface area (Å²) in [4.78, 5) is 8.56. The van der Waals surface area contributed by atoms with Crippen LogP contribution in [0.1, 0.15) is 18.1 Å². The van der Waals surface area contributed by atoms with Gasteiger partial charge in [0.05, 0.1) is 10.5 Å². The molecule has 1 aromatic heterocycles. The maximum atomic E-state index is 13.4. The summed E-state index contributed by atoms with van der Waals surface area (Å²) in [5.41, 5.74) is 0.588. The van der Waals surface area contributed by atoms with Gasteiger partial charge in [-0.25, -0.2) is 13.8 Å². The van der Waals surface area contributed by atoms with Crippen molar-refractivity contribution in [3.05, 3.63) is 46.1 Å². The van der Waals surface area contributed by atoms with Crippen LogP contribution < -0.4 is 10.6 Å². The second-order valence-electron chi connectivity index (χ2n) is 5.14. The van der Waals surface area contributed by atoms with Crippen LogP contribution in [0, 0.1) is 11.6 Å². The first-order valence-electron chi connectivity index (χ1n) is 7.12. The molecule has 1 saturated heterocycles. The maximum Gasteiger partial charge on any atom is 0.224 e. The summed E-state index contributed by atoms with van der Waals surface area (Å²) < 4.78 is 33.0. The third kappa shape index (κ3) is 3.42. The predicted molar refractivity (Wildman–Crippen MR) is 86.4 cm³/mol. The van der Waals surface area contributed by atoms with E-state index in [0.717, 1.165) is 17.0 Å². The zero-order valence-corrected chi connectivity index (χ0v) is 13.9. The van der Waals surface area contributed by atoms with E-state index in [-0.39, 0.29) is 12.1 Å². The van der Waals surface area contributed by atoms with Gasteiger partial charge in [-0.3, -0.25) is 0 Å². The first-order valence-corrected chi connectivity index (χ1v) is 7.91. The van der Waals surface area contributed by atoms with Crippen LogP contribution in [0.4, 0.5) is 20.5 Å². The molecule has 1 aromatic carbocycles. The number of nitrogens with zero attached hydrogens (tertiary/aromatic N) is 2. The minimum absolute atomic E-state index is 0.120. The average Bonchev–Trinajstić information content (AvgIpc) is 3.00. The van der Waals surface area contributed by atoms with Crippen LogP contribution >= 0.6 is 15.9 Å². The Bertz CT molecular complexity index is 716. The fourth-order valence-electron chi connectivity index (χ4n) is 2.53. The van der Waals surface area contributed by atoms with Crippen molar-refractivity contribution in [2.45, 2.75) is 18.6 Å². The van der Waals surface area contributed by atoms with Crippen LogP contribution in [0.25, 0.3) is 0 Å². The molecule has 0 spiro atoms. The SMILES string of the molecule is CNc1nc(N[C@H]2CCO[C@@H]2c2ccc(F)c(F)c2)ncc1Br. The third-order valence-corrected chi connectivity index (χ3v) is 4.24. The summed E-state index contributed by atoms with van der Waals surface area (Å²) in [6.07, 6.45) is 1.98. The number of anilines is 2. The summed E-state index contributed by atoms with van der Waals surface area (Å²) in [7, 11) is 1.76. The number of halogens is 3. The largest absolute Gasteiger partial charge is 0.372 e. The molecule has 2 N–H and O–H groups in total. The van der Waals surface area contributed by atoms with Gasteiger partial charge in [0.1, 0.15) is 11.9 Å². The molecule has 0 aliphatic carbocycles. The van der Waals surface area contributed by atoms with Crippen molar-refractivity contribution < 1.29 is 13.5 Å². The van der Waals surface area contributed by atoms with E-state index in [1.807, 2.05) is 0 Å². The zero-order chi connectivity index (χ0) is 16.4. The lowest BCUT2D eigenvalue weighted by atomic mass is 10.0. The minimum atomic E-state index is -0.880. The zero-order valence-electron chi connectivity index (χ0n) is 12.3. The fourth-order valence-corrected chi connectivity index (χ4v) is 2.92. The number of ether oxygens (including phenoxy) is 1. The molecule has 3 rings (SSSR count). The van der Waals surface area contributed by atoms with Crippen molar-refractivity contribution in [2.75, 3.05) is 24.3 Å². The summed E-state index contributed by atoms with van der Waals surface area (Å²) >= 11 is 3.35. The summed E-state index contributed by atoms with van der Waals surface area (Å²) in [6.45, 7) is 0.525. The first-order chi connectivity index (χ1) is 11.1. The Hall–Kier alpha value is -1.80. The Kier molecular flexibility index (Phi) is 4.72. The normalized spacial score (nSPS) is 20.5. The quantitative estimate of drug-likeness (QED) is 0.844. The molecule has 23 heavy (non-hydrogen) atoms. The minimum Gasteiger partial charge on any atom is -0.372 e. The molecule has 0 amide bonds. The molecular formula is C15H15BrF2N4O. The van der Waals surface area contributed by atoms with E-state index in [0.29, 0.717) is 23.9 Å². The molecule has 1 aliphatic heterocycles. The van der Waals surface area contributed by atoms with Gasteiger partial charge < -0.3 is 15.4 Å². The molecule has 0 radical (unpaired) electrons. The third-order valence-electron chi connectivity index (χ3n) is 3.66. The van der Waals surface area contributed by atoms with Crippen LogP contribution in [0.3, 0.4) is 0 Å². The highest BCUT2D eigenvalue weighted by Gasteiger charge is 2.31. The molecule has 1 aliphatic rings. The molecule has 2 atom stereocenters. The lowest BCUT2D eigenvalue weighted by Gasteiger charge is -2.20. The van der Waals surface area contributed by atoms with Crippen LogP contribution in [-0.2, 0) is 4.74 Å². The summed E-state index contributed by atoms with van der Waals surface area (Å²) in [6, 6.07) is 3.69. The number of hydrogen-bond donors (Lipinski definition) is 2. The number of rotatable bonds is 4. The van der Waals surface area contributed by atoms with Gasteiger partial charge in [0.15, 0.2) is 11.6 Å². The highest BCUT2D eigenvalue weighted by atomic mass is 79.9. The summed E-state index contributed by atoms with van der Waals surface area (Å²) in [5.74, 6) is -0.647. The highest BCUT2D eigenvalue weighted by molar-refractivity contribution is 9.10. The average molecular weight is 385 g/mol. The molecule has 0 bridgehead atoms. The van der Waals surface area contributed by atoms with Gasteiger partial charge in [-0.1, -0.05) is 6.07 Å². The standard InChI is InChI=1S/C15H15BrF2N4O/c1-19-14-9(16)7-20-15(22-14)21-12-4-5-23-13(12)8-2-3-10(17)11(18)6-8/h2-3,6-7,12-13H,4-5H2,1H3,(H2,19,20,21,22)/t12-,13+/m0/s1. The van der Waals surface area contributed by atoms with Gasteiger partial charge in [-0.15, -0.1) is 0 Å². The van der Waals surface area contributed by atoms with Gasteiger partial charge in [-0.05, 0) is 40.0 Å². The Morgan fingerprint density at radius 1 is 1.30 bits per heavy atom. The van der Waals surface area contributed by atoms with Crippen LogP contribution in [0.15, 0.2) is 28.9 Å².